The number of anilines is 1. The third-order valence-corrected chi connectivity index (χ3v) is 8.85. The fourth-order valence-corrected chi connectivity index (χ4v) is 6.45. The van der Waals surface area contributed by atoms with Crippen LogP contribution in [0.4, 0.5) is 5.69 Å². The molecule has 37 heavy (non-hydrogen) atoms. The second-order valence-corrected chi connectivity index (χ2v) is 11.3. The quantitative estimate of drug-likeness (QED) is 0.416. The molecule has 0 unspecified atom stereocenters. The summed E-state index contributed by atoms with van der Waals surface area (Å²) in [4.78, 5) is 21.8. The van der Waals surface area contributed by atoms with Gasteiger partial charge in [0, 0.05) is 19.0 Å². The second kappa shape index (κ2) is 10.8. The van der Waals surface area contributed by atoms with Crippen LogP contribution in [0.15, 0.2) is 36.4 Å². The molecule has 0 bridgehead atoms. The average Bonchev–Trinajstić information content (AvgIpc) is 3.28. The van der Waals surface area contributed by atoms with Gasteiger partial charge in [0.15, 0.2) is 11.3 Å². The Kier molecular flexibility index (Phi) is 7.14. The number of hydrogen-bond donors (Lipinski definition) is 1. The van der Waals surface area contributed by atoms with E-state index >= 15 is 0 Å². The van der Waals surface area contributed by atoms with Gasteiger partial charge in [0.25, 0.3) is 0 Å². The van der Waals surface area contributed by atoms with Gasteiger partial charge < -0.3 is 14.9 Å². The lowest BCUT2D eigenvalue weighted by Gasteiger charge is -2.35. The second-order valence-electron chi connectivity index (χ2n) is 11.3. The van der Waals surface area contributed by atoms with Crippen molar-refractivity contribution in [3.8, 4) is 5.69 Å². The van der Waals surface area contributed by atoms with E-state index in [4.69, 9.17) is 5.10 Å². The highest BCUT2D eigenvalue weighted by Crippen LogP contribution is 2.43. The largest absolute Gasteiger partial charge is 0.477 e. The summed E-state index contributed by atoms with van der Waals surface area (Å²) in [5.74, 6) is 0.202. The molecule has 1 N–H and O–H groups in total. The van der Waals surface area contributed by atoms with Gasteiger partial charge in [-0.2, -0.15) is 5.10 Å². The molecule has 2 aliphatic heterocycles. The van der Waals surface area contributed by atoms with Gasteiger partial charge in [-0.3, -0.25) is 0 Å². The van der Waals surface area contributed by atoms with Gasteiger partial charge in [0.1, 0.15) is 0 Å². The highest BCUT2D eigenvalue weighted by molar-refractivity contribution is 5.98. The number of aromatic nitrogens is 3. The molecule has 3 fully saturated rings. The minimum absolute atomic E-state index is 0.100. The number of para-hydroxylation sites is 1. The third-order valence-electron chi connectivity index (χ3n) is 8.85. The Bertz CT molecular complexity index is 1220. The molecule has 1 aromatic carbocycles. The van der Waals surface area contributed by atoms with Gasteiger partial charge in [-0.15, -0.1) is 0 Å². The lowest BCUT2D eigenvalue weighted by atomic mass is 9.81. The summed E-state index contributed by atoms with van der Waals surface area (Å²) in [6.45, 7) is 5.74. The molecule has 196 valence electrons. The van der Waals surface area contributed by atoms with Gasteiger partial charge in [-0.05, 0) is 95.1 Å². The number of rotatable bonds is 8. The molecule has 1 aliphatic carbocycles. The summed E-state index contributed by atoms with van der Waals surface area (Å²) in [5, 5.41) is 16.1. The van der Waals surface area contributed by atoms with Gasteiger partial charge in [-0.1, -0.05) is 31.0 Å². The first-order valence-electron chi connectivity index (χ1n) is 14.4. The van der Waals surface area contributed by atoms with Crippen LogP contribution in [0.5, 0.6) is 0 Å². The van der Waals surface area contributed by atoms with Crippen molar-refractivity contribution in [2.24, 2.45) is 5.92 Å². The van der Waals surface area contributed by atoms with E-state index < -0.39 is 5.97 Å². The van der Waals surface area contributed by atoms with Crippen molar-refractivity contribution in [3.05, 3.63) is 47.8 Å². The monoisotopic (exact) mass is 501 g/mol. The first kappa shape index (κ1) is 24.4. The van der Waals surface area contributed by atoms with E-state index in [0.717, 1.165) is 67.1 Å². The smallest absolute Gasteiger partial charge is 0.354 e. The molecule has 3 aromatic rings. The molecule has 0 amide bonds. The zero-order chi connectivity index (χ0) is 25.2. The molecule has 4 heterocycles. The molecule has 7 heteroatoms. The van der Waals surface area contributed by atoms with Crippen LogP contribution in [0.3, 0.4) is 0 Å². The number of pyridine rings is 1. The number of likely N-dealkylation sites (tertiary alicyclic amines) is 1. The van der Waals surface area contributed by atoms with E-state index in [9.17, 15) is 9.90 Å². The highest BCUT2D eigenvalue weighted by atomic mass is 16.4. The van der Waals surface area contributed by atoms with Gasteiger partial charge in [0.2, 0.25) is 0 Å². The molecule has 0 radical (unpaired) electrons. The maximum Gasteiger partial charge on any atom is 0.354 e. The number of benzene rings is 1. The minimum atomic E-state index is -0.984. The molecular weight excluding hydrogens is 462 g/mol. The third kappa shape index (κ3) is 5.11. The summed E-state index contributed by atoms with van der Waals surface area (Å²) in [5.41, 5.74) is 3.80. The van der Waals surface area contributed by atoms with E-state index in [0.29, 0.717) is 11.6 Å². The summed E-state index contributed by atoms with van der Waals surface area (Å²) < 4.78 is 1.87. The predicted molar refractivity (Wildman–Crippen MR) is 147 cm³/mol. The van der Waals surface area contributed by atoms with E-state index in [1.54, 1.807) is 6.07 Å². The normalized spacial score (nSPS) is 19.8. The van der Waals surface area contributed by atoms with Crippen molar-refractivity contribution in [3.63, 3.8) is 0 Å². The molecule has 6 rings (SSSR count). The Morgan fingerprint density at radius 2 is 1.70 bits per heavy atom. The van der Waals surface area contributed by atoms with Crippen LogP contribution in [0.25, 0.3) is 16.7 Å². The van der Waals surface area contributed by atoms with E-state index in [1.807, 2.05) is 35.0 Å². The SMILES string of the molecule is O=C(O)c1cc(N2CCC(CCCN3CCCCC3)CC2)c2c(C3CCC3)nn(-c3ccccc3)c2n1. The van der Waals surface area contributed by atoms with Crippen molar-refractivity contribution in [2.45, 2.75) is 70.1 Å². The Hall–Kier alpha value is -2.93. The number of carboxylic acid groups (broad SMARTS) is 1. The Labute approximate surface area is 219 Å². The maximum absolute atomic E-state index is 12.1. The standard InChI is InChI=1S/C30H39N5O2/c36-30(37)25-21-26(34-19-14-22(15-20-34)9-8-18-33-16-5-2-6-17-33)27-28(23-10-7-11-23)32-35(29(27)31-25)24-12-3-1-4-13-24/h1,3-4,12-13,21-23H,2,5-11,14-20H2,(H,36,37). The van der Waals surface area contributed by atoms with Crippen LogP contribution in [-0.2, 0) is 0 Å². The average molecular weight is 502 g/mol. The Morgan fingerprint density at radius 3 is 2.38 bits per heavy atom. The molecule has 2 saturated heterocycles. The van der Waals surface area contributed by atoms with E-state index in [1.165, 1.54) is 58.2 Å². The molecule has 3 aliphatic rings. The fourth-order valence-electron chi connectivity index (χ4n) is 6.45. The lowest BCUT2D eigenvalue weighted by Crippen LogP contribution is -2.35. The van der Waals surface area contributed by atoms with Crippen molar-refractivity contribution in [1.82, 2.24) is 19.7 Å². The number of aromatic carboxylic acids is 1. The summed E-state index contributed by atoms with van der Waals surface area (Å²) >= 11 is 0. The molecule has 1 saturated carbocycles. The van der Waals surface area contributed by atoms with Crippen molar-refractivity contribution in [2.75, 3.05) is 37.6 Å². The van der Waals surface area contributed by atoms with Crippen molar-refractivity contribution < 1.29 is 9.90 Å². The Balaban J connectivity index is 1.26. The highest BCUT2D eigenvalue weighted by Gasteiger charge is 2.31. The number of hydrogen-bond acceptors (Lipinski definition) is 5. The number of carboxylic acids is 1. The maximum atomic E-state index is 12.1. The zero-order valence-electron chi connectivity index (χ0n) is 21.8. The summed E-state index contributed by atoms with van der Waals surface area (Å²) in [7, 11) is 0. The summed E-state index contributed by atoms with van der Waals surface area (Å²) in [6, 6.07) is 11.8. The number of fused-ring (bicyclic) bond motifs is 1. The van der Waals surface area contributed by atoms with Crippen LogP contribution in [0.2, 0.25) is 0 Å². The molecule has 0 atom stereocenters. The van der Waals surface area contributed by atoms with E-state index in [2.05, 4.69) is 14.8 Å². The van der Waals surface area contributed by atoms with Gasteiger partial charge >= 0.3 is 5.97 Å². The molecular formula is C30H39N5O2. The fraction of sp³-hybridized carbons (Fsp3) is 0.567. The molecule has 7 nitrogen and oxygen atoms in total. The van der Waals surface area contributed by atoms with E-state index in [-0.39, 0.29) is 5.69 Å². The summed E-state index contributed by atoms with van der Waals surface area (Å²) in [6.07, 6.45) is 12.5. The lowest BCUT2D eigenvalue weighted by molar-refractivity contribution is 0.0691. The van der Waals surface area contributed by atoms with Gasteiger partial charge in [-0.25, -0.2) is 14.5 Å². The minimum Gasteiger partial charge on any atom is -0.477 e. The van der Waals surface area contributed by atoms with Gasteiger partial charge in [0.05, 0.1) is 22.5 Å². The molecule has 0 spiro atoms. The van der Waals surface area contributed by atoms with Crippen LogP contribution < -0.4 is 4.90 Å². The van der Waals surface area contributed by atoms with Crippen LogP contribution in [-0.4, -0.2) is 63.5 Å². The molecule has 2 aromatic heterocycles. The number of carbonyl (C=O) groups is 1. The van der Waals surface area contributed by atoms with Crippen LogP contribution >= 0.6 is 0 Å². The van der Waals surface area contributed by atoms with Crippen molar-refractivity contribution in [1.29, 1.82) is 0 Å². The Morgan fingerprint density at radius 1 is 0.946 bits per heavy atom. The van der Waals surface area contributed by atoms with Crippen LogP contribution in [0, 0.1) is 5.92 Å². The number of nitrogens with zero attached hydrogens (tertiary/aromatic N) is 5. The topological polar surface area (TPSA) is 74.5 Å². The first-order valence-corrected chi connectivity index (χ1v) is 14.4. The first-order chi connectivity index (χ1) is 18.2. The van der Waals surface area contributed by atoms with Crippen molar-refractivity contribution >= 4 is 22.7 Å². The van der Waals surface area contributed by atoms with Crippen LogP contribution in [0.1, 0.15) is 86.3 Å². The zero-order valence-corrected chi connectivity index (χ0v) is 21.8. The number of piperidine rings is 2. The predicted octanol–water partition coefficient (Wildman–Crippen LogP) is 5.87.